The minimum absolute atomic E-state index is 1.00. The van der Waals surface area contributed by atoms with Crippen LogP contribution in [0.25, 0.3) is 0 Å². The number of aliphatic imine (C=N–C) groups is 1. The quantitative estimate of drug-likeness (QED) is 0.551. The zero-order valence-corrected chi connectivity index (χ0v) is 16.5. The Hall–Kier alpha value is -1.78. The summed E-state index contributed by atoms with van der Waals surface area (Å²) in [7, 11) is 0. The summed E-state index contributed by atoms with van der Waals surface area (Å²) in [5.41, 5.74) is 4.92. The van der Waals surface area contributed by atoms with E-state index in [1.165, 1.54) is 21.6 Å². The molecule has 0 amide bonds. The molecule has 0 spiro atoms. The molecule has 1 aromatic carbocycles. The molecule has 1 fully saturated rings. The molecule has 2 heterocycles. The summed E-state index contributed by atoms with van der Waals surface area (Å²) in [6.45, 7) is 6.46. The number of aryl methyl sites for hydroxylation is 1. The Morgan fingerprint density at radius 1 is 1.16 bits per heavy atom. The molecule has 4 heteroatoms. The van der Waals surface area contributed by atoms with Crippen LogP contribution in [0.1, 0.15) is 32.3 Å². The first-order valence-corrected chi connectivity index (χ1v) is 10.1. The van der Waals surface area contributed by atoms with Crippen molar-refractivity contribution in [2.24, 2.45) is 4.99 Å². The van der Waals surface area contributed by atoms with Gasteiger partial charge in [0.1, 0.15) is 10.1 Å². The molecule has 0 unspecified atom stereocenters. The molecule has 25 heavy (non-hydrogen) atoms. The Morgan fingerprint density at radius 3 is 2.68 bits per heavy atom. The summed E-state index contributed by atoms with van der Waals surface area (Å²) in [4.78, 5) is 10.8. The van der Waals surface area contributed by atoms with Gasteiger partial charge in [0.15, 0.2) is 0 Å². The lowest BCUT2D eigenvalue weighted by Crippen LogP contribution is -2.06. The van der Waals surface area contributed by atoms with E-state index in [2.05, 4.69) is 49.4 Å². The number of hydrogen-bond donors (Lipinski definition) is 0. The van der Waals surface area contributed by atoms with E-state index in [1.807, 2.05) is 42.2 Å². The highest BCUT2D eigenvalue weighted by atomic mass is 32.2. The maximum absolute atomic E-state index is 4.91. The maximum Gasteiger partial charge on any atom is 0.105 e. The second-order valence-electron chi connectivity index (χ2n) is 6.21. The summed E-state index contributed by atoms with van der Waals surface area (Å²) in [6.07, 6.45) is 3.98. The largest absolute Gasteiger partial charge is 0.250 e. The fourth-order valence-corrected chi connectivity index (χ4v) is 4.50. The Morgan fingerprint density at radius 2 is 1.96 bits per heavy atom. The lowest BCUT2D eigenvalue weighted by Gasteiger charge is -2.20. The molecular weight excluding hydrogens is 344 g/mol. The number of aromatic nitrogens is 1. The van der Waals surface area contributed by atoms with Crippen LogP contribution in [-0.2, 0) is 0 Å². The van der Waals surface area contributed by atoms with Crippen molar-refractivity contribution in [1.29, 1.82) is 0 Å². The van der Waals surface area contributed by atoms with Crippen molar-refractivity contribution < 1.29 is 0 Å². The van der Waals surface area contributed by atoms with Crippen LogP contribution < -0.4 is 0 Å². The monoisotopic (exact) mass is 366 g/mol. The highest BCUT2D eigenvalue weighted by molar-refractivity contribution is 8.17. The van der Waals surface area contributed by atoms with Crippen molar-refractivity contribution in [1.82, 2.24) is 4.98 Å². The summed E-state index contributed by atoms with van der Waals surface area (Å²) in [5.74, 6) is 0. The minimum Gasteiger partial charge on any atom is -0.250 e. The van der Waals surface area contributed by atoms with Gasteiger partial charge in [0.05, 0.1) is 5.69 Å². The Labute approximate surface area is 158 Å². The summed E-state index contributed by atoms with van der Waals surface area (Å²) in [5, 5.41) is 4.36. The van der Waals surface area contributed by atoms with Crippen molar-refractivity contribution in [3.05, 3.63) is 75.7 Å². The molecule has 1 saturated heterocycles. The van der Waals surface area contributed by atoms with Crippen LogP contribution in [0.3, 0.4) is 0 Å². The molecule has 3 rings (SSSR count). The van der Waals surface area contributed by atoms with E-state index < -0.39 is 0 Å². The third-order valence-electron chi connectivity index (χ3n) is 3.87. The second kappa shape index (κ2) is 8.54. The highest BCUT2D eigenvalue weighted by Gasteiger charge is 2.19. The van der Waals surface area contributed by atoms with Gasteiger partial charge in [-0.25, -0.2) is 9.98 Å². The Bertz CT molecular complexity index is 832. The summed E-state index contributed by atoms with van der Waals surface area (Å²) < 4.78 is 0. The Kier molecular flexibility index (Phi) is 6.16. The maximum atomic E-state index is 4.91. The first-order chi connectivity index (χ1) is 12.1. The lowest BCUT2D eigenvalue weighted by molar-refractivity contribution is 0.988. The SMILES string of the molecule is CC(C)=C1CC/C(=C\Sc2cc(C)ccn2)C(=Nc2ccccc2)S1. The van der Waals surface area contributed by atoms with Crippen LogP contribution in [-0.4, -0.2) is 10.0 Å². The molecule has 1 aromatic heterocycles. The third-order valence-corrected chi connectivity index (χ3v) is 6.15. The molecule has 1 aliphatic heterocycles. The number of benzene rings is 1. The molecule has 1 aliphatic rings. The van der Waals surface area contributed by atoms with E-state index in [0.717, 1.165) is 28.6 Å². The standard InChI is InChI=1S/C21H22N2S2/c1-15(2)19-10-9-17(14-24-20-13-16(3)11-12-22-20)21(25-19)23-18-7-5-4-6-8-18/h4-8,11-14H,9-10H2,1-3H3/b17-14+,23-21?. The van der Waals surface area contributed by atoms with Crippen LogP contribution in [0.4, 0.5) is 5.69 Å². The van der Waals surface area contributed by atoms with Crippen molar-refractivity contribution in [3.63, 3.8) is 0 Å². The first-order valence-electron chi connectivity index (χ1n) is 8.38. The summed E-state index contributed by atoms with van der Waals surface area (Å²) >= 11 is 3.49. The minimum atomic E-state index is 1.00. The van der Waals surface area contributed by atoms with E-state index in [9.17, 15) is 0 Å². The fraction of sp³-hybridized carbons (Fsp3) is 0.238. The molecule has 0 radical (unpaired) electrons. The summed E-state index contributed by atoms with van der Waals surface area (Å²) in [6, 6.07) is 14.3. The van der Waals surface area contributed by atoms with E-state index >= 15 is 0 Å². The first kappa shape index (κ1) is 18.0. The lowest BCUT2D eigenvalue weighted by atomic mass is 10.1. The van der Waals surface area contributed by atoms with Gasteiger partial charge in [-0.3, -0.25) is 0 Å². The molecule has 0 N–H and O–H groups in total. The normalized spacial score (nSPS) is 18.0. The van der Waals surface area contributed by atoms with E-state index in [0.29, 0.717) is 0 Å². The van der Waals surface area contributed by atoms with E-state index in [4.69, 9.17) is 4.99 Å². The van der Waals surface area contributed by atoms with Gasteiger partial charge in [0.2, 0.25) is 0 Å². The van der Waals surface area contributed by atoms with Crippen LogP contribution in [0, 0.1) is 6.92 Å². The fourth-order valence-electron chi connectivity index (χ4n) is 2.47. The Balaban J connectivity index is 1.89. The van der Waals surface area contributed by atoms with Gasteiger partial charge in [-0.05, 0) is 79.3 Å². The zero-order chi connectivity index (χ0) is 17.6. The average molecular weight is 367 g/mol. The third kappa shape index (κ3) is 5.10. The van der Waals surface area contributed by atoms with Gasteiger partial charge in [-0.15, -0.1) is 0 Å². The predicted octanol–water partition coefficient (Wildman–Crippen LogP) is 6.92. The molecule has 0 saturated carbocycles. The van der Waals surface area contributed by atoms with Gasteiger partial charge in [0, 0.05) is 6.20 Å². The molecule has 2 nitrogen and oxygen atoms in total. The van der Waals surface area contributed by atoms with Crippen molar-refractivity contribution in [2.75, 3.05) is 0 Å². The van der Waals surface area contributed by atoms with E-state index in [1.54, 1.807) is 11.8 Å². The molecule has 0 atom stereocenters. The van der Waals surface area contributed by atoms with Gasteiger partial charge < -0.3 is 0 Å². The predicted molar refractivity (Wildman–Crippen MR) is 112 cm³/mol. The van der Waals surface area contributed by atoms with Crippen LogP contribution >= 0.6 is 23.5 Å². The number of pyridine rings is 1. The average Bonchev–Trinajstić information content (AvgIpc) is 2.61. The molecular formula is C21H22N2S2. The second-order valence-corrected chi connectivity index (χ2v) is 8.18. The van der Waals surface area contributed by atoms with Crippen molar-refractivity contribution in [3.8, 4) is 0 Å². The number of allylic oxidation sites excluding steroid dienone is 2. The number of nitrogens with zero attached hydrogens (tertiary/aromatic N) is 2. The number of rotatable bonds is 3. The molecule has 0 bridgehead atoms. The van der Waals surface area contributed by atoms with Crippen molar-refractivity contribution in [2.45, 2.75) is 38.6 Å². The number of hydrogen-bond acceptors (Lipinski definition) is 4. The van der Waals surface area contributed by atoms with Gasteiger partial charge in [0.25, 0.3) is 0 Å². The molecule has 2 aromatic rings. The highest BCUT2D eigenvalue weighted by Crippen LogP contribution is 2.39. The molecule has 0 aliphatic carbocycles. The van der Waals surface area contributed by atoms with Crippen LogP contribution in [0.15, 0.2) is 80.1 Å². The smallest absolute Gasteiger partial charge is 0.105 e. The zero-order valence-electron chi connectivity index (χ0n) is 14.8. The topological polar surface area (TPSA) is 25.2 Å². The van der Waals surface area contributed by atoms with E-state index in [-0.39, 0.29) is 0 Å². The van der Waals surface area contributed by atoms with Crippen LogP contribution in [0.2, 0.25) is 0 Å². The van der Waals surface area contributed by atoms with Gasteiger partial charge >= 0.3 is 0 Å². The van der Waals surface area contributed by atoms with Crippen LogP contribution in [0.5, 0.6) is 0 Å². The number of thioether (sulfide) groups is 2. The number of para-hydroxylation sites is 1. The van der Waals surface area contributed by atoms with Gasteiger partial charge in [-0.1, -0.05) is 47.3 Å². The van der Waals surface area contributed by atoms with Gasteiger partial charge in [-0.2, -0.15) is 0 Å². The van der Waals surface area contributed by atoms with Crippen molar-refractivity contribution >= 4 is 34.3 Å². The molecule has 128 valence electrons.